The van der Waals surface area contributed by atoms with E-state index in [2.05, 4.69) is 15.3 Å². The van der Waals surface area contributed by atoms with Gasteiger partial charge in [-0.2, -0.15) is 0 Å². The molecule has 4 N–H and O–H groups in total. The number of aliphatic hydroxyl groups excluding tert-OH is 1. The van der Waals surface area contributed by atoms with Crippen LogP contribution in [-0.4, -0.2) is 39.9 Å². The predicted molar refractivity (Wildman–Crippen MR) is 78.2 cm³/mol. The van der Waals surface area contributed by atoms with E-state index in [1.807, 2.05) is 20.8 Å². The zero-order chi connectivity index (χ0) is 14.8. The number of hydrogen-bond donors (Lipinski definition) is 4. The van der Waals surface area contributed by atoms with Crippen LogP contribution in [0.25, 0.3) is 11.0 Å². The molecule has 1 heterocycles. The van der Waals surface area contributed by atoms with Crippen molar-refractivity contribution in [2.45, 2.75) is 32.4 Å². The van der Waals surface area contributed by atoms with Gasteiger partial charge in [-0.15, -0.1) is 0 Å². The summed E-state index contributed by atoms with van der Waals surface area (Å²) >= 11 is 0. The normalized spacial score (nSPS) is 13.6. The monoisotopic (exact) mass is 278 g/mol. The van der Waals surface area contributed by atoms with Gasteiger partial charge in [-0.05, 0) is 32.9 Å². The van der Waals surface area contributed by atoms with Crippen LogP contribution in [0, 0.1) is 0 Å². The van der Waals surface area contributed by atoms with Crippen LogP contribution in [0.1, 0.15) is 20.8 Å². The van der Waals surface area contributed by atoms with Crippen LogP contribution in [-0.2, 0) is 0 Å². The number of hydrogen-bond acceptors (Lipinski definition) is 4. The highest BCUT2D eigenvalue weighted by Gasteiger charge is 2.13. The summed E-state index contributed by atoms with van der Waals surface area (Å²) in [5.41, 5.74) is 0.988. The van der Waals surface area contributed by atoms with Crippen LogP contribution < -0.4 is 15.7 Å². The highest BCUT2D eigenvalue weighted by molar-refractivity contribution is 5.80. The van der Waals surface area contributed by atoms with Gasteiger partial charge in [-0.25, -0.2) is 4.79 Å². The molecule has 0 fully saturated rings. The maximum Gasteiger partial charge on any atom is 0.323 e. The molecular formula is C14H21N3O3. The first-order chi connectivity index (χ1) is 9.35. The van der Waals surface area contributed by atoms with E-state index < -0.39 is 6.10 Å². The smallest absolute Gasteiger partial charge is 0.323 e. The second kappa shape index (κ2) is 5.68. The summed E-state index contributed by atoms with van der Waals surface area (Å²) in [6.45, 7) is 6.71. The lowest BCUT2D eigenvalue weighted by Gasteiger charge is -2.23. The fourth-order valence-corrected chi connectivity index (χ4v) is 1.82. The molecule has 110 valence electrons. The number of aromatic nitrogens is 2. The molecule has 1 aromatic carbocycles. The molecule has 6 nitrogen and oxygen atoms in total. The summed E-state index contributed by atoms with van der Waals surface area (Å²) < 4.78 is 5.58. The summed E-state index contributed by atoms with van der Waals surface area (Å²) in [5.74, 6) is 0.552. The minimum Gasteiger partial charge on any atom is -0.489 e. The standard InChI is InChI=1S/C14H21N3O3/c1-14(2,3)15-7-9(18)8-20-11-6-4-5-10-12(11)17-13(19)16-10/h4-6,9,15,18H,7-8H2,1-3H3,(H2,16,17,19)/t9-/m0/s1/i13-1. The van der Waals surface area contributed by atoms with Gasteiger partial charge >= 0.3 is 5.69 Å². The van der Waals surface area contributed by atoms with Gasteiger partial charge in [0.1, 0.15) is 24.0 Å². The predicted octanol–water partition coefficient (Wildman–Crippen LogP) is 0.984. The lowest BCUT2D eigenvalue weighted by atomic mass is 10.1. The number of benzene rings is 1. The molecule has 0 aliphatic rings. The average molecular weight is 278 g/mol. The Morgan fingerprint density at radius 1 is 1.35 bits per heavy atom. The Hall–Kier alpha value is -1.79. The Bertz CT molecular complexity index is 624. The number of H-pyrrole nitrogens is 2. The minimum atomic E-state index is -0.616. The highest BCUT2D eigenvalue weighted by atomic mass is 16.5. The van der Waals surface area contributed by atoms with Gasteiger partial charge in [0.25, 0.3) is 0 Å². The third-order valence-corrected chi connectivity index (χ3v) is 2.81. The number of para-hydroxylation sites is 1. The van der Waals surface area contributed by atoms with Crippen molar-refractivity contribution < 1.29 is 9.84 Å². The molecule has 0 aliphatic carbocycles. The van der Waals surface area contributed by atoms with Gasteiger partial charge in [0.15, 0.2) is 0 Å². The van der Waals surface area contributed by atoms with Crippen LogP contribution in [0.15, 0.2) is 23.0 Å². The molecule has 0 unspecified atom stereocenters. The second-order valence-corrected chi connectivity index (χ2v) is 5.85. The van der Waals surface area contributed by atoms with Crippen molar-refractivity contribution in [3.63, 3.8) is 0 Å². The third-order valence-electron chi connectivity index (χ3n) is 2.81. The van der Waals surface area contributed by atoms with Crippen molar-refractivity contribution in [3.8, 4) is 5.75 Å². The molecule has 0 saturated heterocycles. The zero-order valence-corrected chi connectivity index (χ0v) is 12.0. The van der Waals surface area contributed by atoms with E-state index in [1.54, 1.807) is 18.2 Å². The van der Waals surface area contributed by atoms with Crippen molar-refractivity contribution in [2.75, 3.05) is 13.2 Å². The fourth-order valence-electron chi connectivity index (χ4n) is 1.82. The van der Waals surface area contributed by atoms with E-state index in [9.17, 15) is 9.90 Å². The quantitative estimate of drug-likeness (QED) is 0.656. The third kappa shape index (κ3) is 3.85. The summed E-state index contributed by atoms with van der Waals surface area (Å²) in [6, 6.07) is 5.34. The van der Waals surface area contributed by atoms with Crippen LogP contribution in [0.3, 0.4) is 0 Å². The maximum absolute atomic E-state index is 11.3. The van der Waals surface area contributed by atoms with E-state index >= 15 is 0 Å². The number of β-amino-alcohol motifs (C(OH)–C–C–N with tert-alkyl or cyclic N) is 1. The van der Waals surface area contributed by atoms with Gasteiger partial charge in [0.05, 0.1) is 5.52 Å². The fraction of sp³-hybridized carbons (Fsp3) is 0.500. The Morgan fingerprint density at radius 2 is 2.10 bits per heavy atom. The lowest BCUT2D eigenvalue weighted by Crippen LogP contribution is -2.42. The Balaban J connectivity index is 1.97. The largest absolute Gasteiger partial charge is 0.489 e. The van der Waals surface area contributed by atoms with Gasteiger partial charge in [-0.3, -0.25) is 0 Å². The molecule has 1 atom stereocenters. The topological polar surface area (TPSA) is 90.1 Å². The number of aliphatic hydroxyl groups is 1. The summed E-state index contributed by atoms with van der Waals surface area (Å²) in [4.78, 5) is 16.6. The van der Waals surface area contributed by atoms with Crippen LogP contribution in [0.2, 0.25) is 0 Å². The number of rotatable bonds is 5. The molecule has 6 heteroatoms. The van der Waals surface area contributed by atoms with Gasteiger partial charge in [-0.1, -0.05) is 6.07 Å². The highest BCUT2D eigenvalue weighted by Crippen LogP contribution is 2.20. The van der Waals surface area contributed by atoms with Crippen molar-refractivity contribution in [1.82, 2.24) is 15.3 Å². The molecule has 0 spiro atoms. The number of imidazole rings is 1. The van der Waals surface area contributed by atoms with Crippen molar-refractivity contribution >= 4 is 11.0 Å². The lowest BCUT2D eigenvalue weighted by molar-refractivity contribution is 0.101. The van der Waals surface area contributed by atoms with E-state index in [1.165, 1.54) is 0 Å². The zero-order valence-electron chi connectivity index (χ0n) is 12.0. The van der Waals surface area contributed by atoms with Crippen molar-refractivity contribution in [2.24, 2.45) is 0 Å². The average Bonchev–Trinajstić information content (AvgIpc) is 2.73. The number of ether oxygens (including phenoxy) is 1. The Kier molecular flexibility index (Phi) is 4.15. The Labute approximate surface area is 117 Å². The molecule has 0 aliphatic heterocycles. The first-order valence-corrected chi connectivity index (χ1v) is 6.62. The summed E-state index contributed by atoms with van der Waals surface area (Å²) in [5, 5.41) is 13.1. The van der Waals surface area contributed by atoms with E-state index in [4.69, 9.17) is 4.74 Å². The molecule has 2 rings (SSSR count). The molecular weight excluding hydrogens is 257 g/mol. The summed E-state index contributed by atoms with van der Waals surface area (Å²) in [6.07, 6.45) is -0.616. The van der Waals surface area contributed by atoms with E-state index in [-0.39, 0.29) is 17.8 Å². The molecule has 0 bridgehead atoms. The first kappa shape index (κ1) is 14.6. The van der Waals surface area contributed by atoms with Crippen molar-refractivity contribution in [3.05, 3.63) is 28.7 Å². The van der Waals surface area contributed by atoms with E-state index in [0.717, 1.165) is 0 Å². The van der Waals surface area contributed by atoms with Gasteiger partial charge in [0, 0.05) is 12.1 Å². The summed E-state index contributed by atoms with van der Waals surface area (Å²) in [7, 11) is 0. The SMILES string of the molecule is CC(C)(C)NC[C@H](O)COc1cccc2[nH][11c](=O)[nH]c12. The van der Waals surface area contributed by atoms with Crippen LogP contribution in [0.4, 0.5) is 0 Å². The molecule has 2 aromatic rings. The van der Waals surface area contributed by atoms with Gasteiger partial charge in [0.2, 0.25) is 0 Å². The Morgan fingerprint density at radius 3 is 2.80 bits per heavy atom. The second-order valence-electron chi connectivity index (χ2n) is 5.85. The van der Waals surface area contributed by atoms with E-state index in [0.29, 0.717) is 23.3 Å². The van der Waals surface area contributed by atoms with Gasteiger partial charge < -0.3 is 25.1 Å². The number of nitrogens with one attached hydrogen (secondary N) is 3. The molecule has 0 saturated carbocycles. The van der Waals surface area contributed by atoms with Crippen LogP contribution in [0.5, 0.6) is 5.75 Å². The number of fused-ring (bicyclic) bond motifs is 1. The van der Waals surface area contributed by atoms with Crippen molar-refractivity contribution in [1.29, 1.82) is 0 Å². The number of aromatic amines is 2. The molecule has 0 amide bonds. The minimum absolute atomic E-state index is 0.0487. The molecule has 20 heavy (non-hydrogen) atoms. The molecule has 1 aromatic heterocycles. The maximum atomic E-state index is 11.3. The first-order valence-electron chi connectivity index (χ1n) is 6.62. The molecule has 0 radical (unpaired) electrons. The van der Waals surface area contributed by atoms with Crippen LogP contribution >= 0.6 is 0 Å².